The third kappa shape index (κ3) is 2.67. The van der Waals surface area contributed by atoms with Crippen LogP contribution in [0.3, 0.4) is 0 Å². The Bertz CT molecular complexity index is 749. The van der Waals surface area contributed by atoms with Gasteiger partial charge in [-0.25, -0.2) is 9.37 Å². The summed E-state index contributed by atoms with van der Waals surface area (Å²) in [5.74, 6) is 0.586. The fraction of sp³-hybridized carbons (Fsp3) is 0.235. The Morgan fingerprint density at radius 1 is 1.14 bits per heavy atom. The van der Waals surface area contributed by atoms with Gasteiger partial charge in [-0.1, -0.05) is 36.4 Å². The number of halogens is 1. The second kappa shape index (κ2) is 5.66. The SMILES string of the molecule is Cn1c(CCC(N)c2ccccc2)nc2c(F)cccc21. The highest BCUT2D eigenvalue weighted by molar-refractivity contribution is 5.76. The number of rotatable bonds is 4. The van der Waals surface area contributed by atoms with E-state index in [0.717, 1.165) is 29.7 Å². The highest BCUT2D eigenvalue weighted by Crippen LogP contribution is 2.21. The van der Waals surface area contributed by atoms with Crippen molar-refractivity contribution in [3.8, 4) is 0 Å². The molecule has 0 amide bonds. The van der Waals surface area contributed by atoms with Gasteiger partial charge in [0.05, 0.1) is 5.52 Å². The third-order valence-corrected chi connectivity index (χ3v) is 3.86. The van der Waals surface area contributed by atoms with E-state index in [1.165, 1.54) is 6.07 Å². The van der Waals surface area contributed by atoms with Crippen LogP contribution in [-0.4, -0.2) is 9.55 Å². The molecule has 1 unspecified atom stereocenters. The van der Waals surface area contributed by atoms with Crippen molar-refractivity contribution in [2.24, 2.45) is 12.8 Å². The molecule has 3 nitrogen and oxygen atoms in total. The van der Waals surface area contributed by atoms with Gasteiger partial charge in [-0.2, -0.15) is 0 Å². The van der Waals surface area contributed by atoms with Gasteiger partial charge in [0.25, 0.3) is 0 Å². The number of hydrogen-bond donors (Lipinski definition) is 1. The predicted octanol–water partition coefficient (Wildman–Crippen LogP) is 3.35. The molecule has 3 rings (SSSR count). The molecule has 1 atom stereocenters. The lowest BCUT2D eigenvalue weighted by Gasteiger charge is -2.11. The Kier molecular flexibility index (Phi) is 3.71. The van der Waals surface area contributed by atoms with Crippen LogP contribution in [0.2, 0.25) is 0 Å². The summed E-state index contributed by atoms with van der Waals surface area (Å²) in [6.45, 7) is 0. The van der Waals surface area contributed by atoms with Crippen LogP contribution in [0, 0.1) is 5.82 Å². The molecule has 2 aromatic carbocycles. The maximum absolute atomic E-state index is 13.7. The molecule has 3 aromatic rings. The second-order valence-electron chi connectivity index (χ2n) is 5.25. The topological polar surface area (TPSA) is 43.8 Å². The van der Waals surface area contributed by atoms with Gasteiger partial charge in [-0.05, 0) is 24.1 Å². The van der Waals surface area contributed by atoms with Gasteiger partial charge in [0, 0.05) is 19.5 Å². The van der Waals surface area contributed by atoms with E-state index in [9.17, 15) is 4.39 Å². The Morgan fingerprint density at radius 3 is 2.62 bits per heavy atom. The first-order valence-electron chi connectivity index (χ1n) is 7.07. The molecule has 2 N–H and O–H groups in total. The summed E-state index contributed by atoms with van der Waals surface area (Å²) in [6.07, 6.45) is 1.50. The van der Waals surface area contributed by atoms with Crippen LogP contribution in [-0.2, 0) is 13.5 Å². The normalized spacial score (nSPS) is 12.7. The van der Waals surface area contributed by atoms with Crippen LogP contribution >= 0.6 is 0 Å². The Balaban J connectivity index is 1.80. The summed E-state index contributed by atoms with van der Waals surface area (Å²) in [6, 6.07) is 15.0. The molecule has 0 aliphatic carbocycles. The monoisotopic (exact) mass is 283 g/mol. The van der Waals surface area contributed by atoms with E-state index >= 15 is 0 Å². The lowest BCUT2D eigenvalue weighted by atomic mass is 10.0. The minimum atomic E-state index is -0.276. The predicted molar refractivity (Wildman–Crippen MR) is 82.4 cm³/mol. The number of fused-ring (bicyclic) bond motifs is 1. The minimum Gasteiger partial charge on any atom is -0.331 e. The molecule has 0 radical (unpaired) electrons. The summed E-state index contributed by atoms with van der Waals surface area (Å²) in [5.41, 5.74) is 8.57. The van der Waals surface area contributed by atoms with E-state index in [4.69, 9.17) is 5.73 Å². The molecule has 0 bridgehead atoms. The average Bonchev–Trinajstić information content (AvgIpc) is 2.84. The molecule has 0 saturated carbocycles. The summed E-state index contributed by atoms with van der Waals surface area (Å²) in [7, 11) is 1.91. The van der Waals surface area contributed by atoms with Crippen LogP contribution < -0.4 is 5.73 Å². The molecule has 1 heterocycles. The maximum atomic E-state index is 13.7. The molecular formula is C17H18FN3. The zero-order chi connectivity index (χ0) is 14.8. The molecule has 108 valence electrons. The van der Waals surface area contributed by atoms with Crippen molar-refractivity contribution < 1.29 is 4.39 Å². The maximum Gasteiger partial charge on any atom is 0.151 e. The third-order valence-electron chi connectivity index (χ3n) is 3.86. The van der Waals surface area contributed by atoms with Gasteiger partial charge in [-0.3, -0.25) is 0 Å². The summed E-state index contributed by atoms with van der Waals surface area (Å²) in [4.78, 5) is 4.41. The standard InChI is InChI=1S/C17H18FN3/c1-21-15-9-5-8-13(18)17(15)20-16(21)11-10-14(19)12-6-3-2-4-7-12/h2-9,14H,10-11,19H2,1H3. The number of aryl methyl sites for hydroxylation is 2. The number of hydrogen-bond acceptors (Lipinski definition) is 2. The number of aromatic nitrogens is 2. The zero-order valence-corrected chi connectivity index (χ0v) is 12.0. The molecule has 0 fully saturated rings. The number of para-hydroxylation sites is 1. The van der Waals surface area contributed by atoms with E-state index in [1.54, 1.807) is 6.07 Å². The number of nitrogens with two attached hydrogens (primary N) is 1. The van der Waals surface area contributed by atoms with Crippen LogP contribution in [0.5, 0.6) is 0 Å². The Hall–Kier alpha value is -2.20. The fourth-order valence-corrected chi connectivity index (χ4v) is 2.60. The average molecular weight is 283 g/mol. The van der Waals surface area contributed by atoms with E-state index in [2.05, 4.69) is 4.98 Å². The van der Waals surface area contributed by atoms with Crippen LogP contribution in [0.25, 0.3) is 11.0 Å². The number of benzene rings is 2. The molecule has 21 heavy (non-hydrogen) atoms. The highest BCUT2D eigenvalue weighted by Gasteiger charge is 2.13. The van der Waals surface area contributed by atoms with E-state index in [0.29, 0.717) is 5.52 Å². The quantitative estimate of drug-likeness (QED) is 0.798. The van der Waals surface area contributed by atoms with Crippen LogP contribution in [0.4, 0.5) is 4.39 Å². The first kappa shape index (κ1) is 13.8. The largest absolute Gasteiger partial charge is 0.331 e. The lowest BCUT2D eigenvalue weighted by Crippen LogP contribution is -2.12. The first-order valence-corrected chi connectivity index (χ1v) is 7.07. The number of imidazole rings is 1. The molecule has 0 saturated heterocycles. The fourth-order valence-electron chi connectivity index (χ4n) is 2.60. The smallest absolute Gasteiger partial charge is 0.151 e. The van der Waals surface area contributed by atoms with Gasteiger partial charge in [0.1, 0.15) is 11.3 Å². The summed E-state index contributed by atoms with van der Waals surface area (Å²) in [5, 5.41) is 0. The molecular weight excluding hydrogens is 265 g/mol. The van der Waals surface area contributed by atoms with Crippen molar-refractivity contribution in [3.63, 3.8) is 0 Å². The van der Waals surface area contributed by atoms with Crippen molar-refractivity contribution in [2.45, 2.75) is 18.9 Å². The van der Waals surface area contributed by atoms with Gasteiger partial charge in [0.2, 0.25) is 0 Å². The van der Waals surface area contributed by atoms with Crippen molar-refractivity contribution in [3.05, 3.63) is 65.7 Å². The molecule has 1 aromatic heterocycles. The molecule has 0 aliphatic rings. The van der Waals surface area contributed by atoms with Crippen LogP contribution in [0.1, 0.15) is 23.9 Å². The van der Waals surface area contributed by atoms with Gasteiger partial charge in [0.15, 0.2) is 5.82 Å². The van der Waals surface area contributed by atoms with Crippen molar-refractivity contribution in [1.82, 2.24) is 9.55 Å². The van der Waals surface area contributed by atoms with E-state index in [1.807, 2.05) is 48.0 Å². The van der Waals surface area contributed by atoms with E-state index in [-0.39, 0.29) is 11.9 Å². The van der Waals surface area contributed by atoms with Gasteiger partial charge >= 0.3 is 0 Å². The van der Waals surface area contributed by atoms with Crippen molar-refractivity contribution >= 4 is 11.0 Å². The summed E-state index contributed by atoms with van der Waals surface area (Å²) < 4.78 is 15.7. The highest BCUT2D eigenvalue weighted by atomic mass is 19.1. The van der Waals surface area contributed by atoms with Gasteiger partial charge in [-0.15, -0.1) is 0 Å². The van der Waals surface area contributed by atoms with Crippen molar-refractivity contribution in [1.29, 1.82) is 0 Å². The number of nitrogens with zero attached hydrogens (tertiary/aromatic N) is 2. The van der Waals surface area contributed by atoms with E-state index < -0.39 is 0 Å². The lowest BCUT2D eigenvalue weighted by molar-refractivity contribution is 0.621. The summed E-state index contributed by atoms with van der Waals surface area (Å²) >= 11 is 0. The Morgan fingerprint density at radius 2 is 1.90 bits per heavy atom. The second-order valence-corrected chi connectivity index (χ2v) is 5.25. The molecule has 0 aliphatic heterocycles. The zero-order valence-electron chi connectivity index (χ0n) is 12.0. The molecule has 0 spiro atoms. The van der Waals surface area contributed by atoms with Crippen molar-refractivity contribution in [2.75, 3.05) is 0 Å². The Labute approximate surface area is 123 Å². The first-order chi connectivity index (χ1) is 10.2. The molecule has 4 heteroatoms. The van der Waals surface area contributed by atoms with Gasteiger partial charge < -0.3 is 10.3 Å². The minimum absolute atomic E-state index is 0.0316. The van der Waals surface area contributed by atoms with Crippen LogP contribution in [0.15, 0.2) is 48.5 Å².